The number of para-hydroxylation sites is 1. The van der Waals surface area contributed by atoms with Gasteiger partial charge in [-0.3, -0.25) is 4.98 Å². The predicted octanol–water partition coefficient (Wildman–Crippen LogP) is 3.72. The van der Waals surface area contributed by atoms with Gasteiger partial charge >= 0.3 is 0 Å². The van der Waals surface area contributed by atoms with Gasteiger partial charge in [-0.15, -0.1) is 0 Å². The number of rotatable bonds is 1. The van der Waals surface area contributed by atoms with Crippen molar-refractivity contribution in [2.45, 2.75) is 5.54 Å². The quantitative estimate of drug-likeness (QED) is 0.714. The predicted molar refractivity (Wildman–Crippen MR) is 94.5 cm³/mol. The zero-order valence-electron chi connectivity index (χ0n) is 13.9. The van der Waals surface area contributed by atoms with Gasteiger partial charge in [-0.25, -0.2) is 13.8 Å². The Morgan fingerprint density at radius 3 is 2.70 bits per heavy atom. The zero-order chi connectivity index (χ0) is 18.6. The van der Waals surface area contributed by atoms with Gasteiger partial charge in [-0.1, -0.05) is 18.2 Å². The highest BCUT2D eigenvalue weighted by Gasteiger charge is 2.47. The number of fused-ring (bicyclic) bond motifs is 4. The van der Waals surface area contributed by atoms with Crippen LogP contribution in [0.25, 0.3) is 11.1 Å². The number of hydrogen-bond donors (Lipinski definition) is 1. The van der Waals surface area contributed by atoms with E-state index in [0.717, 1.165) is 0 Å². The Labute approximate surface area is 153 Å². The summed E-state index contributed by atoms with van der Waals surface area (Å²) in [6, 6.07) is 11.0. The molecule has 3 aromatic rings. The van der Waals surface area contributed by atoms with Crippen molar-refractivity contribution in [2.24, 2.45) is 10.7 Å². The maximum absolute atomic E-state index is 14.4. The number of halogens is 2. The molecule has 7 heteroatoms. The van der Waals surface area contributed by atoms with E-state index in [1.54, 1.807) is 30.3 Å². The molecule has 2 aliphatic heterocycles. The molecule has 0 radical (unpaired) electrons. The molecule has 5 nitrogen and oxygen atoms in total. The van der Waals surface area contributed by atoms with Gasteiger partial charge in [0.05, 0.1) is 0 Å². The van der Waals surface area contributed by atoms with E-state index in [1.165, 1.54) is 24.5 Å². The van der Waals surface area contributed by atoms with Gasteiger partial charge in [-0.05, 0) is 29.8 Å². The van der Waals surface area contributed by atoms with Crippen LogP contribution in [0, 0.1) is 11.6 Å². The molecule has 2 N–H and O–H groups in total. The lowest BCUT2D eigenvalue weighted by Crippen LogP contribution is -2.31. The minimum atomic E-state index is -1.05. The Balaban J connectivity index is 1.77. The van der Waals surface area contributed by atoms with Crippen molar-refractivity contribution in [3.63, 3.8) is 0 Å². The van der Waals surface area contributed by atoms with E-state index in [4.69, 9.17) is 15.2 Å². The van der Waals surface area contributed by atoms with Crippen LogP contribution in [-0.2, 0) is 10.3 Å². The van der Waals surface area contributed by atoms with E-state index in [1.807, 2.05) is 0 Å². The third-order valence-corrected chi connectivity index (χ3v) is 4.86. The molecule has 5 rings (SSSR count). The molecule has 0 unspecified atom stereocenters. The van der Waals surface area contributed by atoms with Crippen molar-refractivity contribution in [3.8, 4) is 22.6 Å². The monoisotopic (exact) mass is 365 g/mol. The van der Waals surface area contributed by atoms with Gasteiger partial charge in [-0.2, -0.15) is 0 Å². The van der Waals surface area contributed by atoms with Gasteiger partial charge in [0, 0.05) is 29.1 Å². The molecule has 134 valence electrons. The molecule has 2 aromatic carbocycles. The summed E-state index contributed by atoms with van der Waals surface area (Å²) < 4.78 is 39.9. The van der Waals surface area contributed by atoms with Crippen LogP contribution in [0.4, 0.5) is 8.78 Å². The van der Waals surface area contributed by atoms with Gasteiger partial charge in [0.25, 0.3) is 6.02 Å². The van der Waals surface area contributed by atoms with Gasteiger partial charge in [0.1, 0.15) is 18.2 Å². The molecule has 0 fully saturated rings. The van der Waals surface area contributed by atoms with Crippen molar-refractivity contribution in [3.05, 3.63) is 77.6 Å². The summed E-state index contributed by atoms with van der Waals surface area (Å²) in [5.41, 5.74) is 6.82. The second-order valence-electron chi connectivity index (χ2n) is 6.38. The van der Waals surface area contributed by atoms with E-state index >= 15 is 0 Å². The van der Waals surface area contributed by atoms with Crippen LogP contribution in [-0.4, -0.2) is 17.6 Å². The average molecular weight is 365 g/mol. The molecule has 1 spiro atoms. The fourth-order valence-corrected chi connectivity index (χ4v) is 3.60. The fourth-order valence-electron chi connectivity index (χ4n) is 3.60. The van der Waals surface area contributed by atoms with Crippen LogP contribution in [0.15, 0.2) is 59.9 Å². The highest BCUT2D eigenvalue weighted by Crippen LogP contribution is 2.52. The number of aliphatic imine (C=N–C) groups is 1. The van der Waals surface area contributed by atoms with Crippen LogP contribution in [0.1, 0.15) is 11.1 Å². The van der Waals surface area contributed by atoms with Crippen LogP contribution in [0.2, 0.25) is 0 Å². The molecule has 0 amide bonds. The molecule has 3 heterocycles. The summed E-state index contributed by atoms with van der Waals surface area (Å²) >= 11 is 0. The van der Waals surface area contributed by atoms with E-state index < -0.39 is 17.2 Å². The number of aromatic nitrogens is 1. The third kappa shape index (κ3) is 2.21. The Kier molecular flexibility index (Phi) is 3.21. The molecular formula is C20H13F2N3O2. The molecule has 27 heavy (non-hydrogen) atoms. The molecule has 2 aliphatic rings. The molecule has 0 saturated carbocycles. The van der Waals surface area contributed by atoms with Gasteiger partial charge in [0.2, 0.25) is 0 Å². The Morgan fingerprint density at radius 1 is 1.04 bits per heavy atom. The lowest BCUT2D eigenvalue weighted by Gasteiger charge is -2.33. The zero-order valence-corrected chi connectivity index (χ0v) is 13.9. The first kappa shape index (κ1) is 15.7. The summed E-state index contributed by atoms with van der Waals surface area (Å²) in [5, 5.41) is 0. The fraction of sp³-hybridized carbons (Fsp3) is 0.100. The molecular weight excluding hydrogens is 352 g/mol. The highest BCUT2D eigenvalue weighted by atomic mass is 19.1. The molecule has 0 bridgehead atoms. The first-order valence-corrected chi connectivity index (χ1v) is 8.28. The minimum absolute atomic E-state index is 0.0102. The van der Waals surface area contributed by atoms with Crippen LogP contribution < -0.4 is 10.5 Å². The average Bonchev–Trinajstić information content (AvgIpc) is 3.06. The van der Waals surface area contributed by atoms with Gasteiger partial charge in [0.15, 0.2) is 17.1 Å². The van der Waals surface area contributed by atoms with E-state index in [2.05, 4.69) is 9.98 Å². The lowest BCUT2D eigenvalue weighted by molar-refractivity contribution is 0.262. The molecule has 1 atom stereocenters. The maximum atomic E-state index is 14.4. The smallest absolute Gasteiger partial charge is 0.283 e. The molecule has 0 saturated heterocycles. The Bertz CT molecular complexity index is 1120. The van der Waals surface area contributed by atoms with E-state index in [-0.39, 0.29) is 18.4 Å². The van der Waals surface area contributed by atoms with Crippen molar-refractivity contribution >= 4 is 6.02 Å². The number of hydrogen-bond acceptors (Lipinski definition) is 5. The van der Waals surface area contributed by atoms with E-state index in [9.17, 15) is 8.78 Å². The minimum Gasteiger partial charge on any atom is -0.462 e. The summed E-state index contributed by atoms with van der Waals surface area (Å²) in [7, 11) is 0. The standard InChI is InChI=1S/C20H13F2N3O2/c21-15-6-7-24-9-12(15)11-4-5-17-14(8-11)20(10-26-19(23)25-20)13-2-1-3-16(22)18(13)27-17/h1-9H,10H2,(H2,23,25)/t20-/m1/s1. The Hall–Kier alpha value is -3.48. The van der Waals surface area contributed by atoms with Crippen LogP contribution in [0.3, 0.4) is 0 Å². The van der Waals surface area contributed by atoms with Crippen molar-refractivity contribution in [1.82, 2.24) is 4.98 Å². The van der Waals surface area contributed by atoms with Crippen molar-refractivity contribution in [2.75, 3.05) is 6.61 Å². The number of amidine groups is 1. The maximum Gasteiger partial charge on any atom is 0.283 e. The van der Waals surface area contributed by atoms with E-state index in [0.29, 0.717) is 28.0 Å². The molecule has 1 aromatic heterocycles. The SMILES string of the molecule is NC1=N[C@@]2(CO1)c1cc(-c3cnccc3F)ccc1Oc1c(F)cccc12. The lowest BCUT2D eigenvalue weighted by atomic mass is 9.80. The first-order valence-electron chi connectivity index (χ1n) is 8.28. The highest BCUT2D eigenvalue weighted by molar-refractivity contribution is 5.78. The summed E-state index contributed by atoms with van der Waals surface area (Å²) in [5.74, 6) is -0.386. The van der Waals surface area contributed by atoms with Crippen LogP contribution in [0.5, 0.6) is 11.5 Å². The topological polar surface area (TPSA) is 69.7 Å². The largest absolute Gasteiger partial charge is 0.462 e. The number of benzene rings is 2. The second kappa shape index (κ2) is 5.51. The van der Waals surface area contributed by atoms with Gasteiger partial charge < -0.3 is 15.2 Å². The Morgan fingerprint density at radius 2 is 1.93 bits per heavy atom. The normalized spacial score (nSPS) is 19.7. The van der Waals surface area contributed by atoms with Crippen molar-refractivity contribution < 1.29 is 18.3 Å². The first-order chi connectivity index (χ1) is 13.1. The number of pyridine rings is 1. The van der Waals surface area contributed by atoms with Crippen molar-refractivity contribution in [1.29, 1.82) is 0 Å². The summed E-state index contributed by atoms with van der Waals surface area (Å²) in [6.07, 6.45) is 2.83. The molecule has 0 aliphatic carbocycles. The second-order valence-corrected chi connectivity index (χ2v) is 6.38. The number of nitrogens with zero attached hydrogens (tertiary/aromatic N) is 2. The van der Waals surface area contributed by atoms with Crippen LogP contribution >= 0.6 is 0 Å². The summed E-state index contributed by atoms with van der Waals surface area (Å²) in [6.45, 7) is 0.102. The third-order valence-electron chi connectivity index (χ3n) is 4.86. The number of ether oxygens (including phenoxy) is 2. The summed E-state index contributed by atoms with van der Waals surface area (Å²) in [4.78, 5) is 8.47. The number of nitrogens with two attached hydrogens (primary N) is 1.